The molecule has 1 atom stereocenters. The van der Waals surface area contributed by atoms with Gasteiger partial charge in [0.1, 0.15) is 0 Å². The number of aryl methyl sites for hydroxylation is 1. The molecule has 1 N–H and O–H groups in total. The number of carbonyl (C=O) groups is 1. The molecule has 1 aliphatic rings. The number of unbranched alkanes of at least 4 members (excludes halogenated alkanes) is 3. The average molecular weight is 245 g/mol. The molecule has 2 heteroatoms. The molecule has 0 aromatic heterocycles. The molecule has 0 saturated heterocycles. The van der Waals surface area contributed by atoms with Crippen molar-refractivity contribution in [2.45, 2.75) is 57.9 Å². The van der Waals surface area contributed by atoms with Crippen molar-refractivity contribution in [3.05, 3.63) is 35.4 Å². The fourth-order valence-corrected chi connectivity index (χ4v) is 2.70. The van der Waals surface area contributed by atoms with E-state index in [1.165, 1.54) is 36.8 Å². The summed E-state index contributed by atoms with van der Waals surface area (Å²) >= 11 is 0. The minimum atomic E-state index is 0.201. The lowest BCUT2D eigenvalue weighted by Gasteiger charge is -2.18. The molecular formula is C16H23NO. The van der Waals surface area contributed by atoms with Gasteiger partial charge in [0.05, 0.1) is 6.04 Å². The fraction of sp³-hybridized carbons (Fsp3) is 0.562. The Bertz CT molecular complexity index is 400. The zero-order valence-electron chi connectivity index (χ0n) is 11.2. The van der Waals surface area contributed by atoms with Gasteiger partial charge in [-0.15, -0.1) is 0 Å². The van der Waals surface area contributed by atoms with Crippen LogP contribution in [0.1, 0.15) is 62.6 Å². The zero-order chi connectivity index (χ0) is 12.8. The van der Waals surface area contributed by atoms with Crippen molar-refractivity contribution < 1.29 is 4.79 Å². The minimum Gasteiger partial charge on any atom is -0.349 e. The van der Waals surface area contributed by atoms with Crippen molar-refractivity contribution in [3.63, 3.8) is 0 Å². The van der Waals surface area contributed by atoms with Gasteiger partial charge in [0.2, 0.25) is 5.91 Å². The molecule has 0 unspecified atom stereocenters. The highest BCUT2D eigenvalue weighted by Gasteiger charge is 2.20. The zero-order valence-corrected chi connectivity index (χ0v) is 11.2. The van der Waals surface area contributed by atoms with E-state index in [0.29, 0.717) is 6.42 Å². The number of benzene rings is 1. The summed E-state index contributed by atoms with van der Waals surface area (Å²) in [4.78, 5) is 11.7. The molecule has 1 aromatic carbocycles. The van der Waals surface area contributed by atoms with Gasteiger partial charge in [-0.25, -0.2) is 0 Å². The molecular weight excluding hydrogens is 222 g/mol. The lowest BCUT2D eigenvalue weighted by molar-refractivity contribution is -0.121. The number of hydrogen-bond acceptors (Lipinski definition) is 1. The topological polar surface area (TPSA) is 29.1 Å². The maximum atomic E-state index is 11.7. The molecule has 1 heterocycles. The van der Waals surface area contributed by atoms with Gasteiger partial charge in [-0.2, -0.15) is 0 Å². The predicted molar refractivity (Wildman–Crippen MR) is 74.4 cm³/mol. The molecule has 0 aliphatic carbocycles. The summed E-state index contributed by atoms with van der Waals surface area (Å²) in [6.07, 6.45) is 7.60. The largest absolute Gasteiger partial charge is 0.349 e. The Hall–Kier alpha value is -1.31. The van der Waals surface area contributed by atoms with E-state index in [0.717, 1.165) is 12.8 Å². The Kier molecular flexibility index (Phi) is 4.80. The first kappa shape index (κ1) is 13.1. The van der Waals surface area contributed by atoms with Crippen LogP contribution in [0.4, 0.5) is 0 Å². The first-order valence-electron chi connectivity index (χ1n) is 7.18. The van der Waals surface area contributed by atoms with E-state index in [2.05, 4.69) is 36.5 Å². The monoisotopic (exact) mass is 245 g/mol. The molecule has 18 heavy (non-hydrogen) atoms. The number of fused-ring (bicyclic) bond motifs is 1. The van der Waals surface area contributed by atoms with Crippen LogP contribution in [0, 0.1) is 0 Å². The summed E-state index contributed by atoms with van der Waals surface area (Å²) in [5.41, 5.74) is 2.68. The Balaban J connectivity index is 2.04. The highest BCUT2D eigenvalue weighted by molar-refractivity contribution is 5.77. The molecule has 0 saturated carbocycles. The Morgan fingerprint density at radius 2 is 2.00 bits per heavy atom. The summed E-state index contributed by atoms with van der Waals surface area (Å²) in [7, 11) is 0. The highest BCUT2D eigenvalue weighted by atomic mass is 16.1. The second-order valence-electron chi connectivity index (χ2n) is 5.17. The lowest BCUT2D eigenvalue weighted by atomic mass is 9.95. The molecule has 1 aromatic rings. The first-order valence-corrected chi connectivity index (χ1v) is 7.18. The lowest BCUT2D eigenvalue weighted by Crippen LogP contribution is -2.26. The van der Waals surface area contributed by atoms with Gasteiger partial charge in [-0.1, -0.05) is 56.9 Å². The molecule has 1 amide bonds. The maximum absolute atomic E-state index is 11.7. The third kappa shape index (κ3) is 3.34. The van der Waals surface area contributed by atoms with Gasteiger partial charge >= 0.3 is 0 Å². The van der Waals surface area contributed by atoms with Crippen LogP contribution in [-0.2, 0) is 11.2 Å². The van der Waals surface area contributed by atoms with E-state index in [4.69, 9.17) is 0 Å². The molecule has 0 fully saturated rings. The SMILES string of the molecule is CCCCCC[C@H]1NC(=O)CCc2ccccc21. The van der Waals surface area contributed by atoms with Crippen LogP contribution in [0.15, 0.2) is 24.3 Å². The second kappa shape index (κ2) is 6.58. The first-order chi connectivity index (χ1) is 8.81. The Labute approximate surface area is 110 Å². The van der Waals surface area contributed by atoms with Crippen LogP contribution in [0.2, 0.25) is 0 Å². The summed E-state index contributed by atoms with van der Waals surface area (Å²) in [6, 6.07) is 8.71. The Morgan fingerprint density at radius 1 is 1.17 bits per heavy atom. The fourth-order valence-electron chi connectivity index (χ4n) is 2.70. The third-order valence-electron chi connectivity index (χ3n) is 3.73. The summed E-state index contributed by atoms with van der Waals surface area (Å²) < 4.78 is 0. The molecule has 2 nitrogen and oxygen atoms in total. The summed E-state index contributed by atoms with van der Waals surface area (Å²) in [5, 5.41) is 3.17. The molecule has 98 valence electrons. The van der Waals surface area contributed by atoms with Crippen LogP contribution in [-0.4, -0.2) is 5.91 Å². The molecule has 1 aliphatic heterocycles. The van der Waals surface area contributed by atoms with Crippen LogP contribution in [0.5, 0.6) is 0 Å². The molecule has 2 rings (SSSR count). The highest BCUT2D eigenvalue weighted by Crippen LogP contribution is 2.27. The van der Waals surface area contributed by atoms with Crippen molar-refractivity contribution >= 4 is 5.91 Å². The number of hydrogen-bond donors (Lipinski definition) is 1. The maximum Gasteiger partial charge on any atom is 0.220 e. The molecule has 0 spiro atoms. The van der Waals surface area contributed by atoms with Gasteiger partial charge < -0.3 is 5.32 Å². The van der Waals surface area contributed by atoms with Crippen molar-refractivity contribution in [3.8, 4) is 0 Å². The van der Waals surface area contributed by atoms with Gasteiger partial charge in [-0.05, 0) is 24.0 Å². The summed E-state index contributed by atoms with van der Waals surface area (Å²) in [5.74, 6) is 0.201. The van der Waals surface area contributed by atoms with Crippen molar-refractivity contribution in [2.24, 2.45) is 0 Å². The Morgan fingerprint density at radius 3 is 2.83 bits per heavy atom. The standard InChI is InChI=1S/C16H23NO/c1-2-3-4-5-10-15-14-9-7-6-8-13(14)11-12-16(18)17-15/h6-9,15H,2-5,10-12H2,1H3,(H,17,18)/t15-/m1/s1. The minimum absolute atomic E-state index is 0.201. The van der Waals surface area contributed by atoms with Crippen LogP contribution >= 0.6 is 0 Å². The number of carbonyl (C=O) groups excluding carboxylic acids is 1. The van der Waals surface area contributed by atoms with E-state index in [-0.39, 0.29) is 11.9 Å². The van der Waals surface area contributed by atoms with E-state index in [1.807, 2.05) is 0 Å². The van der Waals surface area contributed by atoms with Crippen LogP contribution < -0.4 is 5.32 Å². The van der Waals surface area contributed by atoms with Crippen LogP contribution in [0.3, 0.4) is 0 Å². The number of nitrogens with one attached hydrogen (secondary N) is 1. The van der Waals surface area contributed by atoms with Crippen molar-refractivity contribution in [1.82, 2.24) is 5.32 Å². The summed E-state index contributed by atoms with van der Waals surface area (Å²) in [6.45, 7) is 2.22. The normalized spacial score (nSPS) is 18.9. The quantitative estimate of drug-likeness (QED) is 0.786. The van der Waals surface area contributed by atoms with E-state index < -0.39 is 0 Å². The van der Waals surface area contributed by atoms with Gasteiger partial charge in [0.15, 0.2) is 0 Å². The smallest absolute Gasteiger partial charge is 0.220 e. The molecule has 0 bridgehead atoms. The van der Waals surface area contributed by atoms with Gasteiger partial charge in [0.25, 0.3) is 0 Å². The number of rotatable bonds is 5. The van der Waals surface area contributed by atoms with E-state index >= 15 is 0 Å². The van der Waals surface area contributed by atoms with Gasteiger partial charge in [-0.3, -0.25) is 4.79 Å². The third-order valence-corrected chi connectivity index (χ3v) is 3.73. The average Bonchev–Trinajstić information content (AvgIpc) is 2.55. The van der Waals surface area contributed by atoms with Crippen LogP contribution in [0.25, 0.3) is 0 Å². The van der Waals surface area contributed by atoms with Crippen molar-refractivity contribution in [2.75, 3.05) is 0 Å². The predicted octanol–water partition coefficient (Wildman–Crippen LogP) is 3.76. The second-order valence-corrected chi connectivity index (χ2v) is 5.17. The van der Waals surface area contributed by atoms with E-state index in [9.17, 15) is 4.79 Å². The van der Waals surface area contributed by atoms with Gasteiger partial charge in [0, 0.05) is 6.42 Å². The van der Waals surface area contributed by atoms with E-state index in [1.54, 1.807) is 0 Å². The number of amides is 1. The molecule has 0 radical (unpaired) electrons. The van der Waals surface area contributed by atoms with Crippen molar-refractivity contribution in [1.29, 1.82) is 0 Å².